The lowest BCUT2D eigenvalue weighted by Crippen LogP contribution is -2.12. The Morgan fingerprint density at radius 1 is 1.69 bits per heavy atom. The molecule has 0 radical (unpaired) electrons. The number of nitrogens with zero attached hydrogens (tertiary/aromatic N) is 2. The van der Waals surface area contributed by atoms with Gasteiger partial charge in [0.2, 0.25) is 0 Å². The Balaban J connectivity index is 2.30. The first-order valence-corrected chi connectivity index (χ1v) is 5.76. The van der Waals surface area contributed by atoms with Crippen molar-refractivity contribution in [2.24, 2.45) is 7.05 Å². The van der Waals surface area contributed by atoms with Gasteiger partial charge in [0, 0.05) is 31.6 Å². The van der Waals surface area contributed by atoms with Crippen LogP contribution in [0.4, 0.5) is 0 Å². The molecule has 13 heavy (non-hydrogen) atoms. The molecule has 0 aliphatic heterocycles. The molecule has 0 amide bonds. The number of imidazole rings is 1. The van der Waals surface area contributed by atoms with Crippen molar-refractivity contribution in [3.8, 4) is 0 Å². The Morgan fingerprint density at radius 3 is 3.00 bits per heavy atom. The summed E-state index contributed by atoms with van der Waals surface area (Å²) >= 11 is 1.67. The summed E-state index contributed by atoms with van der Waals surface area (Å²) in [4.78, 5) is 4.19. The van der Waals surface area contributed by atoms with Crippen molar-refractivity contribution in [3.63, 3.8) is 0 Å². The van der Waals surface area contributed by atoms with E-state index in [0.717, 1.165) is 24.4 Å². The predicted octanol–water partition coefficient (Wildman–Crippen LogP) is 1.08. The normalized spacial score (nSPS) is 13.2. The van der Waals surface area contributed by atoms with Gasteiger partial charge in [-0.15, -0.1) is 0 Å². The fraction of sp³-hybridized carbons (Fsp3) is 0.667. The molecule has 1 aromatic rings. The van der Waals surface area contributed by atoms with Gasteiger partial charge < -0.3 is 9.67 Å². The summed E-state index contributed by atoms with van der Waals surface area (Å²) in [6, 6.07) is 0. The van der Waals surface area contributed by atoms with E-state index >= 15 is 0 Å². The molecule has 3 nitrogen and oxygen atoms in total. The van der Waals surface area contributed by atoms with Crippen LogP contribution >= 0.6 is 11.8 Å². The van der Waals surface area contributed by atoms with Gasteiger partial charge in [0.25, 0.3) is 0 Å². The minimum Gasteiger partial charge on any atom is -0.392 e. The highest BCUT2D eigenvalue weighted by Crippen LogP contribution is 2.05. The Hall–Kier alpha value is -0.480. The summed E-state index contributed by atoms with van der Waals surface area (Å²) in [7, 11) is 1.98. The highest BCUT2D eigenvalue weighted by molar-refractivity contribution is 7.98. The minimum absolute atomic E-state index is 0.202. The lowest BCUT2D eigenvalue weighted by Gasteiger charge is -2.07. The molecule has 1 heterocycles. The molecule has 74 valence electrons. The summed E-state index contributed by atoms with van der Waals surface area (Å²) in [6.07, 6.45) is 7.17. The number of hydrogen-bond donors (Lipinski definition) is 1. The molecule has 0 aromatic carbocycles. The number of aryl methyl sites for hydroxylation is 2. The van der Waals surface area contributed by atoms with Crippen LogP contribution in [0, 0.1) is 0 Å². The number of aliphatic hydroxyl groups is 1. The van der Waals surface area contributed by atoms with Crippen molar-refractivity contribution in [3.05, 3.63) is 18.2 Å². The maximum Gasteiger partial charge on any atom is 0.108 e. The average molecular weight is 200 g/mol. The molecule has 1 unspecified atom stereocenters. The molecule has 0 spiro atoms. The van der Waals surface area contributed by atoms with Crippen LogP contribution in [0.1, 0.15) is 12.2 Å². The summed E-state index contributed by atoms with van der Waals surface area (Å²) in [6.45, 7) is 0. The van der Waals surface area contributed by atoms with Crippen molar-refractivity contribution >= 4 is 11.8 Å². The van der Waals surface area contributed by atoms with Gasteiger partial charge in [0.1, 0.15) is 5.82 Å². The minimum atomic E-state index is -0.202. The summed E-state index contributed by atoms with van der Waals surface area (Å²) in [5.74, 6) is 1.85. The average Bonchev–Trinajstić information content (AvgIpc) is 2.48. The van der Waals surface area contributed by atoms with Crippen molar-refractivity contribution in [1.82, 2.24) is 9.55 Å². The van der Waals surface area contributed by atoms with E-state index in [-0.39, 0.29) is 6.10 Å². The second-order valence-electron chi connectivity index (χ2n) is 3.10. The molecule has 1 rings (SSSR count). The quantitative estimate of drug-likeness (QED) is 0.773. The van der Waals surface area contributed by atoms with Gasteiger partial charge in [0.05, 0.1) is 6.10 Å². The summed E-state index contributed by atoms with van der Waals surface area (Å²) < 4.78 is 1.99. The molecular formula is C9H16N2OS. The highest BCUT2D eigenvalue weighted by Gasteiger charge is 2.05. The third-order valence-electron chi connectivity index (χ3n) is 1.98. The molecule has 0 aliphatic rings. The van der Waals surface area contributed by atoms with Crippen LogP contribution in [0.3, 0.4) is 0 Å². The van der Waals surface area contributed by atoms with E-state index in [9.17, 15) is 5.11 Å². The number of aliphatic hydroxyl groups excluding tert-OH is 1. The standard InChI is InChI=1S/C9H16N2OS/c1-11-6-5-10-9(11)4-3-8(12)7-13-2/h5-6,8,12H,3-4,7H2,1-2H3. The number of hydrogen-bond acceptors (Lipinski definition) is 3. The molecule has 0 saturated carbocycles. The SMILES string of the molecule is CSCC(O)CCc1nccn1C. The van der Waals surface area contributed by atoms with Crippen LogP contribution in [0.5, 0.6) is 0 Å². The third kappa shape index (κ3) is 3.40. The molecule has 0 aliphatic carbocycles. The van der Waals surface area contributed by atoms with Gasteiger partial charge >= 0.3 is 0 Å². The molecule has 0 bridgehead atoms. The van der Waals surface area contributed by atoms with Crippen LogP contribution in [-0.4, -0.2) is 32.8 Å². The molecule has 1 aromatic heterocycles. The van der Waals surface area contributed by atoms with Crippen molar-refractivity contribution in [2.75, 3.05) is 12.0 Å². The zero-order valence-electron chi connectivity index (χ0n) is 8.10. The van der Waals surface area contributed by atoms with Gasteiger partial charge in [-0.25, -0.2) is 4.98 Å². The Labute approximate surface area is 83.2 Å². The van der Waals surface area contributed by atoms with Gasteiger partial charge in [-0.1, -0.05) is 0 Å². The van der Waals surface area contributed by atoms with Crippen LogP contribution in [-0.2, 0) is 13.5 Å². The first-order chi connectivity index (χ1) is 6.24. The molecule has 1 N–H and O–H groups in total. The lowest BCUT2D eigenvalue weighted by molar-refractivity contribution is 0.188. The van der Waals surface area contributed by atoms with E-state index in [0.29, 0.717) is 0 Å². The largest absolute Gasteiger partial charge is 0.392 e. The summed E-state index contributed by atoms with van der Waals surface area (Å²) in [5.41, 5.74) is 0. The molecular weight excluding hydrogens is 184 g/mol. The summed E-state index contributed by atoms with van der Waals surface area (Å²) in [5, 5.41) is 9.48. The molecule has 0 saturated heterocycles. The van der Waals surface area contributed by atoms with E-state index in [1.165, 1.54) is 0 Å². The number of aromatic nitrogens is 2. The van der Waals surface area contributed by atoms with Crippen LogP contribution in [0.2, 0.25) is 0 Å². The fourth-order valence-corrected chi connectivity index (χ4v) is 1.76. The Kier molecular flexibility index (Phi) is 4.32. The van der Waals surface area contributed by atoms with E-state index in [1.54, 1.807) is 18.0 Å². The first-order valence-electron chi connectivity index (χ1n) is 4.37. The van der Waals surface area contributed by atoms with E-state index in [1.807, 2.05) is 24.1 Å². The van der Waals surface area contributed by atoms with Crippen LogP contribution < -0.4 is 0 Å². The maximum atomic E-state index is 9.48. The molecule has 4 heteroatoms. The Bertz CT molecular complexity index is 250. The second-order valence-corrected chi connectivity index (χ2v) is 4.01. The first kappa shape index (κ1) is 10.6. The lowest BCUT2D eigenvalue weighted by atomic mass is 10.2. The van der Waals surface area contributed by atoms with E-state index in [4.69, 9.17) is 0 Å². The smallest absolute Gasteiger partial charge is 0.108 e. The van der Waals surface area contributed by atoms with Crippen LogP contribution in [0.25, 0.3) is 0 Å². The van der Waals surface area contributed by atoms with E-state index < -0.39 is 0 Å². The van der Waals surface area contributed by atoms with Gasteiger partial charge in [-0.2, -0.15) is 11.8 Å². The second kappa shape index (κ2) is 5.29. The zero-order chi connectivity index (χ0) is 9.68. The van der Waals surface area contributed by atoms with Crippen LogP contribution in [0.15, 0.2) is 12.4 Å². The van der Waals surface area contributed by atoms with Gasteiger partial charge in [-0.3, -0.25) is 0 Å². The topological polar surface area (TPSA) is 38.1 Å². The van der Waals surface area contributed by atoms with E-state index in [2.05, 4.69) is 4.98 Å². The fourth-order valence-electron chi connectivity index (χ4n) is 1.21. The van der Waals surface area contributed by atoms with Crippen molar-refractivity contribution < 1.29 is 5.11 Å². The number of thioether (sulfide) groups is 1. The molecule has 1 atom stereocenters. The Morgan fingerprint density at radius 2 is 2.46 bits per heavy atom. The predicted molar refractivity (Wildman–Crippen MR) is 55.9 cm³/mol. The third-order valence-corrected chi connectivity index (χ3v) is 2.70. The maximum absolute atomic E-state index is 9.48. The molecule has 0 fully saturated rings. The van der Waals surface area contributed by atoms with Gasteiger partial charge in [0.15, 0.2) is 0 Å². The monoisotopic (exact) mass is 200 g/mol. The number of rotatable bonds is 5. The zero-order valence-corrected chi connectivity index (χ0v) is 8.92. The van der Waals surface area contributed by atoms with Gasteiger partial charge in [-0.05, 0) is 12.7 Å². The highest BCUT2D eigenvalue weighted by atomic mass is 32.2. The van der Waals surface area contributed by atoms with Crippen molar-refractivity contribution in [2.45, 2.75) is 18.9 Å². The van der Waals surface area contributed by atoms with Crippen molar-refractivity contribution in [1.29, 1.82) is 0 Å².